The number of hydrogen-bond acceptors (Lipinski definition) is 10. The highest BCUT2D eigenvalue weighted by atomic mass is 79.9. The van der Waals surface area contributed by atoms with Crippen molar-refractivity contribution < 1.29 is 81.2 Å². The molecule has 2 aromatic heterocycles. The molecule has 382 valence electrons. The summed E-state index contributed by atoms with van der Waals surface area (Å²) in [6.07, 6.45) is -19.3. The summed E-state index contributed by atoms with van der Waals surface area (Å²) in [5, 5.41) is 2.83. The van der Waals surface area contributed by atoms with Crippen molar-refractivity contribution in [3.05, 3.63) is 64.1 Å². The minimum Gasteiger partial charge on any atom is -0.444 e. The summed E-state index contributed by atoms with van der Waals surface area (Å²) in [5.74, 6) is -2.86. The van der Waals surface area contributed by atoms with Crippen LogP contribution in [0.1, 0.15) is 100 Å². The Hall–Kier alpha value is -3.75. The van der Waals surface area contributed by atoms with Crippen molar-refractivity contribution >= 4 is 78.3 Å². The molecule has 0 saturated carbocycles. The highest BCUT2D eigenvalue weighted by Crippen LogP contribution is 2.48. The zero-order chi connectivity index (χ0) is 51.8. The van der Waals surface area contributed by atoms with Gasteiger partial charge in [-0.25, -0.2) is 19.6 Å². The lowest BCUT2D eigenvalue weighted by Gasteiger charge is -2.32. The molecule has 4 heterocycles. The van der Waals surface area contributed by atoms with Gasteiger partial charge in [-0.3, -0.25) is 0 Å². The standard InChI is InChI=1S/C21H20BrClF6N2O3S.C21H21BrF6N2O3S/c1-19(2,3)34-18(32)31-6-4-10(5-7-31)17-30-15(16(23)35-17)11-8-12(22)14(20(24,25)26)13(9-11)33-21(27,28)29;1-19(2,3)33-18(31)30-6-4-11(5-7-30)17-29-14(10-34-17)12-8-13(22)16(20(23,24)25)15(9-12)32-21(26,27)28/h8-10H,4-7H2,1-3H3;8-11H,4-7H2,1-3H3. The Morgan fingerprint density at radius 1 is 0.623 bits per heavy atom. The monoisotopic (exact) mass is 1180 g/mol. The van der Waals surface area contributed by atoms with E-state index in [1.54, 1.807) is 56.7 Å². The Balaban J connectivity index is 0.000000258. The second kappa shape index (κ2) is 21.1. The van der Waals surface area contributed by atoms with Gasteiger partial charge in [0.1, 0.15) is 43.9 Å². The normalized spacial score (nSPS) is 16.0. The molecule has 6 rings (SSSR count). The molecule has 0 unspecified atom stereocenters. The van der Waals surface area contributed by atoms with Crippen LogP contribution in [0.3, 0.4) is 0 Å². The van der Waals surface area contributed by atoms with Crippen LogP contribution in [0.5, 0.6) is 11.5 Å². The van der Waals surface area contributed by atoms with Crippen LogP contribution in [0.25, 0.3) is 22.5 Å². The van der Waals surface area contributed by atoms with Gasteiger partial charge in [0.2, 0.25) is 0 Å². The van der Waals surface area contributed by atoms with Crippen molar-refractivity contribution in [3.8, 4) is 34.0 Å². The number of carbonyl (C=O) groups excluding carboxylic acids is 2. The molecule has 27 heteroatoms. The number of rotatable bonds is 6. The molecule has 2 saturated heterocycles. The Bertz CT molecular complexity index is 2470. The molecule has 2 amide bonds. The summed E-state index contributed by atoms with van der Waals surface area (Å²) in [4.78, 5) is 36.5. The summed E-state index contributed by atoms with van der Waals surface area (Å²) >= 11 is 14.1. The molecule has 2 fully saturated rings. The molecule has 0 aliphatic carbocycles. The van der Waals surface area contributed by atoms with Gasteiger partial charge in [-0.2, -0.15) is 26.3 Å². The number of halogens is 15. The third-order valence-electron chi connectivity index (χ3n) is 9.81. The molecular weight excluding hydrogens is 1140 g/mol. The van der Waals surface area contributed by atoms with Gasteiger partial charge in [-0.1, -0.05) is 43.5 Å². The van der Waals surface area contributed by atoms with E-state index in [9.17, 15) is 62.3 Å². The third-order valence-corrected chi connectivity index (χ3v) is 13.5. The number of nitrogens with zero attached hydrogens (tertiary/aromatic N) is 4. The second-order valence-electron chi connectivity index (χ2n) is 17.5. The molecule has 2 aliphatic rings. The lowest BCUT2D eigenvalue weighted by Crippen LogP contribution is -2.41. The van der Waals surface area contributed by atoms with E-state index in [1.165, 1.54) is 11.3 Å². The van der Waals surface area contributed by atoms with Crippen molar-refractivity contribution in [2.24, 2.45) is 0 Å². The van der Waals surface area contributed by atoms with E-state index < -0.39 is 80.0 Å². The number of carbonyl (C=O) groups is 2. The number of hydrogen-bond donors (Lipinski definition) is 0. The predicted molar refractivity (Wildman–Crippen MR) is 238 cm³/mol. The number of aromatic nitrogens is 2. The fourth-order valence-corrected chi connectivity index (χ4v) is 10.7. The molecule has 0 N–H and O–H groups in total. The Labute approximate surface area is 416 Å². The average molecular weight is 1190 g/mol. The van der Waals surface area contributed by atoms with Crippen molar-refractivity contribution in [2.45, 2.75) is 115 Å². The van der Waals surface area contributed by atoms with Gasteiger partial charge in [0.25, 0.3) is 0 Å². The Morgan fingerprint density at radius 3 is 1.41 bits per heavy atom. The van der Waals surface area contributed by atoms with Crippen LogP contribution in [0.2, 0.25) is 4.34 Å². The molecule has 2 aliphatic heterocycles. The summed E-state index contributed by atoms with van der Waals surface area (Å²) < 4.78 is 174. The van der Waals surface area contributed by atoms with Gasteiger partial charge < -0.3 is 28.7 Å². The zero-order valence-corrected chi connectivity index (χ0v) is 42.5. The van der Waals surface area contributed by atoms with E-state index in [2.05, 4.69) is 51.3 Å². The largest absolute Gasteiger partial charge is 0.573 e. The van der Waals surface area contributed by atoms with Gasteiger partial charge in [0.15, 0.2) is 0 Å². The number of benzene rings is 2. The van der Waals surface area contributed by atoms with E-state index in [0.29, 0.717) is 74.0 Å². The maximum Gasteiger partial charge on any atom is 0.573 e. The maximum atomic E-state index is 13.4. The second-order valence-corrected chi connectivity index (χ2v) is 21.7. The molecule has 2 aromatic carbocycles. The molecule has 0 spiro atoms. The quantitative estimate of drug-likeness (QED) is 0.176. The minimum absolute atomic E-state index is 0.00113. The predicted octanol–water partition coefficient (Wildman–Crippen LogP) is 15.9. The molecule has 0 bridgehead atoms. The van der Waals surface area contributed by atoms with Crippen molar-refractivity contribution in [1.29, 1.82) is 0 Å². The van der Waals surface area contributed by atoms with Crippen LogP contribution in [0.15, 0.2) is 38.6 Å². The van der Waals surface area contributed by atoms with Gasteiger partial charge >= 0.3 is 37.3 Å². The van der Waals surface area contributed by atoms with E-state index in [-0.39, 0.29) is 38.7 Å². The SMILES string of the molecule is CC(C)(C)OC(=O)N1CCC(c2nc(-c3cc(Br)c(C(F)(F)F)c(OC(F)(F)F)c3)c(Cl)s2)CC1.CC(C)(C)OC(=O)N1CCC(c2nc(-c3cc(Br)c(C(F)(F)F)c(OC(F)(F)F)c3)cs2)CC1. The van der Waals surface area contributed by atoms with E-state index in [1.807, 2.05) is 0 Å². The van der Waals surface area contributed by atoms with Gasteiger partial charge in [-0.15, -0.1) is 49.0 Å². The van der Waals surface area contributed by atoms with E-state index in [4.69, 9.17) is 21.1 Å². The first kappa shape index (κ1) is 56.2. The van der Waals surface area contributed by atoms with Crippen LogP contribution in [-0.2, 0) is 21.8 Å². The van der Waals surface area contributed by atoms with Gasteiger partial charge in [0.05, 0.1) is 15.7 Å². The summed E-state index contributed by atoms with van der Waals surface area (Å²) in [6.45, 7) is 12.3. The molecule has 10 nitrogen and oxygen atoms in total. The number of ether oxygens (including phenoxy) is 4. The third kappa shape index (κ3) is 15.9. The fourth-order valence-electron chi connectivity index (χ4n) is 6.96. The molecular formula is C42H41Br2ClF12N4O6S2. The Kier molecular flexibility index (Phi) is 17.2. The van der Waals surface area contributed by atoms with Crippen LogP contribution in [0, 0.1) is 0 Å². The number of piperidine rings is 2. The topological polar surface area (TPSA) is 103 Å². The molecule has 0 atom stereocenters. The maximum absolute atomic E-state index is 13.4. The zero-order valence-electron chi connectivity index (χ0n) is 36.9. The van der Waals surface area contributed by atoms with Crippen LogP contribution in [-0.4, -0.2) is 82.1 Å². The number of amides is 2. The molecule has 0 radical (unpaired) electrons. The number of thiazole rings is 2. The lowest BCUT2D eigenvalue weighted by atomic mass is 9.98. The smallest absolute Gasteiger partial charge is 0.444 e. The van der Waals surface area contributed by atoms with Crippen LogP contribution >= 0.6 is 66.1 Å². The average Bonchev–Trinajstić information content (AvgIpc) is 3.82. The lowest BCUT2D eigenvalue weighted by molar-refractivity contribution is -0.277. The fraction of sp³-hybridized carbons (Fsp3) is 0.524. The Morgan fingerprint density at radius 2 is 1.01 bits per heavy atom. The summed E-state index contributed by atoms with van der Waals surface area (Å²) in [6, 6.07) is 3.37. The van der Waals surface area contributed by atoms with E-state index in [0.717, 1.165) is 23.5 Å². The molecule has 69 heavy (non-hydrogen) atoms. The van der Waals surface area contributed by atoms with Crippen molar-refractivity contribution in [3.63, 3.8) is 0 Å². The minimum atomic E-state index is -5.34. The number of likely N-dealkylation sites (tertiary alicyclic amines) is 2. The first-order valence-corrected chi connectivity index (χ1v) is 24.0. The summed E-state index contributed by atoms with van der Waals surface area (Å²) in [7, 11) is 0. The van der Waals surface area contributed by atoms with E-state index >= 15 is 0 Å². The van der Waals surface area contributed by atoms with Crippen LogP contribution < -0.4 is 9.47 Å². The first-order valence-electron chi connectivity index (χ1n) is 20.4. The van der Waals surface area contributed by atoms with Crippen LogP contribution in [0.4, 0.5) is 62.3 Å². The van der Waals surface area contributed by atoms with Gasteiger partial charge in [0, 0.05) is 63.5 Å². The first-order chi connectivity index (χ1) is 31.5. The van der Waals surface area contributed by atoms with Gasteiger partial charge in [-0.05, 0) is 91.5 Å². The van der Waals surface area contributed by atoms with Crippen molar-refractivity contribution in [1.82, 2.24) is 19.8 Å². The molecule has 4 aromatic rings. The summed E-state index contributed by atoms with van der Waals surface area (Å²) in [5.41, 5.74) is -4.13. The van der Waals surface area contributed by atoms with Crippen molar-refractivity contribution in [2.75, 3.05) is 26.2 Å². The number of alkyl halides is 12. The highest BCUT2D eigenvalue weighted by molar-refractivity contribution is 9.10. The highest BCUT2D eigenvalue weighted by Gasteiger charge is 2.43.